The summed E-state index contributed by atoms with van der Waals surface area (Å²) < 4.78 is 60.2. The van der Waals surface area contributed by atoms with E-state index >= 15 is 0 Å². The molecular formula is CH3F2O6PS. The van der Waals surface area contributed by atoms with E-state index in [4.69, 9.17) is 14.3 Å². The predicted molar refractivity (Wildman–Crippen MR) is 28.5 cm³/mol. The van der Waals surface area contributed by atoms with Crippen LogP contribution in [0, 0.1) is 0 Å². The second kappa shape index (κ2) is 2.46. The van der Waals surface area contributed by atoms with Gasteiger partial charge < -0.3 is 9.79 Å². The van der Waals surface area contributed by atoms with Crippen molar-refractivity contribution in [2.75, 3.05) is 0 Å². The summed E-state index contributed by atoms with van der Waals surface area (Å²) >= 11 is 0. The Morgan fingerprint density at radius 3 is 1.55 bits per heavy atom. The third-order valence-corrected chi connectivity index (χ3v) is 3.35. The van der Waals surface area contributed by atoms with E-state index in [1.54, 1.807) is 0 Å². The van der Waals surface area contributed by atoms with Crippen LogP contribution in [-0.2, 0) is 14.7 Å². The summed E-state index contributed by atoms with van der Waals surface area (Å²) in [4.78, 5) is 9.98. The number of rotatable bonds is 2. The first-order valence-electron chi connectivity index (χ1n) is 1.90. The van der Waals surface area contributed by atoms with E-state index in [1.807, 2.05) is 0 Å². The van der Waals surface area contributed by atoms with Crippen LogP contribution in [-0.4, -0.2) is 27.8 Å². The highest BCUT2D eigenvalue weighted by Crippen LogP contribution is 2.55. The molecule has 0 amide bonds. The summed E-state index contributed by atoms with van der Waals surface area (Å²) in [6.07, 6.45) is 0. The molecule has 0 unspecified atom stereocenters. The van der Waals surface area contributed by atoms with Crippen molar-refractivity contribution < 1.29 is 36.1 Å². The minimum atomic E-state index is -6.16. The predicted octanol–water partition coefficient (Wildman–Crippen LogP) is -0.398. The van der Waals surface area contributed by atoms with E-state index in [9.17, 15) is 21.8 Å². The van der Waals surface area contributed by atoms with Crippen molar-refractivity contribution in [3.63, 3.8) is 0 Å². The fourth-order valence-corrected chi connectivity index (χ4v) is 1.35. The van der Waals surface area contributed by atoms with Gasteiger partial charge in [-0.25, -0.2) is 0 Å². The first-order valence-corrected chi connectivity index (χ1v) is 4.96. The lowest BCUT2D eigenvalue weighted by atomic mass is 11.6. The highest BCUT2D eigenvalue weighted by atomic mass is 32.2. The van der Waals surface area contributed by atoms with Crippen molar-refractivity contribution in [3.8, 4) is 0 Å². The van der Waals surface area contributed by atoms with Crippen LogP contribution in [0.2, 0.25) is 0 Å². The lowest BCUT2D eigenvalue weighted by molar-refractivity contribution is 0.128. The molecule has 0 spiro atoms. The SMILES string of the molecule is O=P(O)(O)C(F)(F)S(=O)(=O)O. The average molecular weight is 212 g/mol. The Labute approximate surface area is 59.8 Å². The van der Waals surface area contributed by atoms with Gasteiger partial charge in [0.05, 0.1) is 0 Å². The molecule has 0 rings (SSSR count). The number of alkyl halides is 2. The van der Waals surface area contributed by atoms with Crippen molar-refractivity contribution in [2.45, 2.75) is 5.00 Å². The second-order valence-electron chi connectivity index (χ2n) is 1.51. The monoisotopic (exact) mass is 212 g/mol. The summed E-state index contributed by atoms with van der Waals surface area (Å²) in [7, 11) is -12.2. The van der Waals surface area contributed by atoms with Crippen molar-refractivity contribution in [2.24, 2.45) is 0 Å². The highest BCUT2D eigenvalue weighted by Gasteiger charge is 2.60. The van der Waals surface area contributed by atoms with Crippen LogP contribution in [0.5, 0.6) is 0 Å². The smallest absolute Gasteiger partial charge is 0.319 e. The van der Waals surface area contributed by atoms with Gasteiger partial charge in [0.2, 0.25) is 0 Å². The standard InChI is InChI=1S/CH3F2O6PS/c2-1(3,10(4,5)6)11(7,8)9/h(H2,4,5,6)(H,7,8,9). The lowest BCUT2D eigenvalue weighted by Gasteiger charge is -2.12. The van der Waals surface area contributed by atoms with E-state index < -0.39 is 22.7 Å². The van der Waals surface area contributed by atoms with Crippen molar-refractivity contribution in [1.29, 1.82) is 0 Å². The van der Waals surface area contributed by atoms with Crippen LogP contribution in [0.3, 0.4) is 0 Å². The summed E-state index contributed by atoms with van der Waals surface area (Å²) in [6, 6.07) is 0. The molecule has 0 saturated carbocycles. The second-order valence-corrected chi connectivity index (χ2v) is 4.92. The van der Waals surface area contributed by atoms with Gasteiger partial charge in [-0.1, -0.05) is 0 Å². The first kappa shape index (κ1) is 10.9. The third-order valence-electron chi connectivity index (χ3n) is 0.649. The number of hydrogen-bond acceptors (Lipinski definition) is 3. The maximum absolute atomic E-state index is 11.8. The summed E-state index contributed by atoms with van der Waals surface area (Å²) in [6.45, 7) is 0. The Kier molecular flexibility index (Phi) is 2.44. The van der Waals surface area contributed by atoms with Crippen LogP contribution in [0.4, 0.5) is 8.78 Å². The summed E-state index contributed by atoms with van der Waals surface area (Å²) in [5.74, 6) is 0. The molecule has 0 saturated heterocycles. The van der Waals surface area contributed by atoms with E-state index in [-0.39, 0.29) is 0 Å². The third kappa shape index (κ3) is 1.94. The molecule has 0 fully saturated rings. The maximum atomic E-state index is 11.8. The first-order chi connectivity index (χ1) is 4.50. The molecule has 68 valence electrons. The Morgan fingerprint density at radius 2 is 1.55 bits per heavy atom. The highest BCUT2D eigenvalue weighted by molar-refractivity contribution is 7.94. The van der Waals surface area contributed by atoms with Gasteiger partial charge in [0, 0.05) is 0 Å². The number of halogens is 2. The van der Waals surface area contributed by atoms with Gasteiger partial charge in [-0.2, -0.15) is 17.2 Å². The summed E-state index contributed by atoms with van der Waals surface area (Å²) in [5, 5.41) is 0. The van der Waals surface area contributed by atoms with Gasteiger partial charge in [0.1, 0.15) is 0 Å². The molecule has 0 aromatic carbocycles. The maximum Gasteiger partial charge on any atom is 0.468 e. The van der Waals surface area contributed by atoms with Gasteiger partial charge in [-0.15, -0.1) is 0 Å². The molecule has 3 N–H and O–H groups in total. The van der Waals surface area contributed by atoms with Gasteiger partial charge in [0.25, 0.3) is 0 Å². The topological polar surface area (TPSA) is 112 Å². The minimum absolute atomic E-state index is 5.43. The van der Waals surface area contributed by atoms with Gasteiger partial charge in [-0.3, -0.25) is 9.12 Å². The lowest BCUT2D eigenvalue weighted by Crippen LogP contribution is -2.27. The molecule has 6 nitrogen and oxygen atoms in total. The van der Waals surface area contributed by atoms with Crippen molar-refractivity contribution >= 4 is 17.7 Å². The molecule has 0 aliphatic rings. The van der Waals surface area contributed by atoms with Gasteiger partial charge >= 0.3 is 22.7 Å². The van der Waals surface area contributed by atoms with Crippen LogP contribution >= 0.6 is 7.60 Å². The van der Waals surface area contributed by atoms with Crippen LogP contribution in [0.1, 0.15) is 0 Å². The van der Waals surface area contributed by atoms with Crippen LogP contribution in [0.25, 0.3) is 0 Å². The largest absolute Gasteiger partial charge is 0.468 e. The van der Waals surface area contributed by atoms with Gasteiger partial charge in [-0.05, 0) is 0 Å². The average Bonchev–Trinajstić information content (AvgIpc) is 1.58. The molecular weight excluding hydrogens is 209 g/mol. The molecule has 0 aromatic rings. The molecule has 0 aliphatic heterocycles. The van der Waals surface area contributed by atoms with E-state index in [1.165, 1.54) is 0 Å². The molecule has 10 heteroatoms. The quantitative estimate of drug-likeness (QED) is 0.424. The molecule has 0 radical (unpaired) electrons. The van der Waals surface area contributed by atoms with E-state index in [0.717, 1.165) is 0 Å². The van der Waals surface area contributed by atoms with Crippen LogP contribution in [0.15, 0.2) is 0 Å². The fourth-order valence-electron chi connectivity index (χ4n) is 0.150. The van der Waals surface area contributed by atoms with Crippen LogP contribution < -0.4 is 0 Å². The minimum Gasteiger partial charge on any atom is -0.319 e. The molecule has 0 bridgehead atoms. The van der Waals surface area contributed by atoms with E-state index in [0.29, 0.717) is 0 Å². The van der Waals surface area contributed by atoms with E-state index in [2.05, 4.69) is 0 Å². The summed E-state index contributed by atoms with van der Waals surface area (Å²) in [5.41, 5.74) is 0. The Hall–Kier alpha value is -0.0800. The zero-order valence-electron chi connectivity index (χ0n) is 4.68. The molecule has 0 atom stereocenters. The zero-order valence-corrected chi connectivity index (χ0v) is 6.39. The Morgan fingerprint density at radius 1 is 1.27 bits per heavy atom. The molecule has 11 heavy (non-hydrogen) atoms. The molecule has 0 heterocycles. The van der Waals surface area contributed by atoms with Gasteiger partial charge in [0.15, 0.2) is 0 Å². The molecule has 0 aliphatic carbocycles. The Balaban J connectivity index is 5.26. The number of hydrogen-bond donors (Lipinski definition) is 3. The Bertz CT molecular complexity index is 286. The fraction of sp³-hybridized carbons (Fsp3) is 1.00. The zero-order chi connectivity index (χ0) is 9.50. The van der Waals surface area contributed by atoms with Crippen molar-refractivity contribution in [3.05, 3.63) is 0 Å². The normalized spacial score (nSPS) is 15.0. The molecule has 0 aromatic heterocycles. The van der Waals surface area contributed by atoms with Crippen molar-refractivity contribution in [1.82, 2.24) is 0 Å².